The number of nitrogens with zero attached hydrogens (tertiary/aromatic N) is 2. The van der Waals surface area contributed by atoms with Crippen LogP contribution in [0.15, 0.2) is 79.4 Å². The number of imidazole rings is 1. The Hall–Kier alpha value is -2.13. The quantitative estimate of drug-likeness (QED) is 0.662. The van der Waals surface area contributed by atoms with Gasteiger partial charge in [-0.1, -0.05) is 60.7 Å². The van der Waals surface area contributed by atoms with E-state index >= 15 is 0 Å². The smallest absolute Gasteiger partial charge is 0.142 e. The average Bonchev–Trinajstić information content (AvgIpc) is 3.00. The Labute approximate surface area is 115 Å². The predicted molar refractivity (Wildman–Crippen MR) is 80.9 cm³/mol. The summed E-state index contributed by atoms with van der Waals surface area (Å²) in [5.41, 5.74) is 3.29. The summed E-state index contributed by atoms with van der Waals surface area (Å²) >= 11 is 0. The molecule has 3 aromatic rings. The molecule has 3 heteroatoms. The second kappa shape index (κ2) is 5.67. The van der Waals surface area contributed by atoms with E-state index in [2.05, 4.69) is 76.1 Å². The number of hydrogen-bond acceptors (Lipinski definition) is 1. The van der Waals surface area contributed by atoms with Gasteiger partial charge in [0.25, 0.3) is 0 Å². The molecule has 1 aromatic heterocycles. The molecule has 2 nitrogen and oxygen atoms in total. The molecule has 1 heterocycles. The van der Waals surface area contributed by atoms with Gasteiger partial charge in [-0.05, 0) is 11.1 Å². The zero-order valence-corrected chi connectivity index (χ0v) is 12.1. The second-order valence-electron chi connectivity index (χ2n) is 4.63. The summed E-state index contributed by atoms with van der Waals surface area (Å²) < 4.78 is 2.27. The fraction of sp³-hybridized carbons (Fsp3) is 0.0625. The van der Waals surface area contributed by atoms with Gasteiger partial charge in [0.2, 0.25) is 0 Å². The maximum Gasteiger partial charge on any atom is 0.142 e. The van der Waals surface area contributed by atoms with E-state index in [0.717, 1.165) is 0 Å². The predicted octanol–water partition coefficient (Wildman–Crippen LogP) is 2.60. The zero-order chi connectivity index (χ0) is 12.9. The standard InChI is InChI=1S/C16H16N2Si/c1-3-7-14(8-4-1)16(15-9-5-2-6-10-15)19-18-12-11-17-13-18/h1-13,16H,19H2. The van der Waals surface area contributed by atoms with E-state index in [1.165, 1.54) is 11.1 Å². The molecule has 2 aromatic carbocycles. The van der Waals surface area contributed by atoms with Gasteiger partial charge in [-0.3, -0.25) is 0 Å². The highest BCUT2D eigenvalue weighted by Gasteiger charge is 2.14. The van der Waals surface area contributed by atoms with Gasteiger partial charge in [0, 0.05) is 17.9 Å². The third-order valence-corrected chi connectivity index (χ3v) is 5.46. The Morgan fingerprint density at radius 1 is 0.842 bits per heavy atom. The van der Waals surface area contributed by atoms with Gasteiger partial charge >= 0.3 is 0 Å². The largest absolute Gasteiger partial charge is 0.370 e. The van der Waals surface area contributed by atoms with Crippen LogP contribution in [0.3, 0.4) is 0 Å². The lowest BCUT2D eigenvalue weighted by Crippen LogP contribution is -2.16. The van der Waals surface area contributed by atoms with Crippen molar-refractivity contribution in [1.29, 1.82) is 0 Å². The van der Waals surface area contributed by atoms with Gasteiger partial charge < -0.3 is 4.23 Å². The third-order valence-electron chi connectivity index (χ3n) is 3.36. The van der Waals surface area contributed by atoms with E-state index in [0.29, 0.717) is 5.54 Å². The Kier molecular flexibility index (Phi) is 3.56. The van der Waals surface area contributed by atoms with Crippen LogP contribution in [0.25, 0.3) is 0 Å². The summed E-state index contributed by atoms with van der Waals surface area (Å²) in [6.07, 6.45) is 5.87. The Bertz CT molecular complexity index is 566. The van der Waals surface area contributed by atoms with E-state index in [4.69, 9.17) is 0 Å². The fourth-order valence-corrected chi connectivity index (χ4v) is 4.17. The summed E-state index contributed by atoms with van der Waals surface area (Å²) in [6.45, 7) is 0. The van der Waals surface area contributed by atoms with Crippen LogP contribution in [-0.4, -0.2) is 18.9 Å². The topological polar surface area (TPSA) is 17.8 Å². The van der Waals surface area contributed by atoms with Crippen molar-refractivity contribution in [2.24, 2.45) is 0 Å². The van der Waals surface area contributed by atoms with E-state index in [9.17, 15) is 0 Å². The fourth-order valence-electron chi connectivity index (χ4n) is 2.38. The van der Waals surface area contributed by atoms with E-state index in [1.54, 1.807) is 0 Å². The summed E-state index contributed by atoms with van der Waals surface area (Å²) in [5, 5.41) is 0. The summed E-state index contributed by atoms with van der Waals surface area (Å²) in [5.74, 6) is 0. The Morgan fingerprint density at radius 3 is 1.89 bits per heavy atom. The lowest BCUT2D eigenvalue weighted by Gasteiger charge is -2.17. The molecule has 0 saturated carbocycles. The molecular formula is C16H16N2Si. The SMILES string of the molecule is c1ccc(C([SiH2]n2ccnc2)c2ccccc2)cc1. The number of hydrogen-bond donors (Lipinski definition) is 0. The van der Waals surface area contributed by atoms with Crippen LogP contribution >= 0.6 is 0 Å². The third kappa shape index (κ3) is 2.82. The first-order valence-electron chi connectivity index (χ1n) is 6.49. The van der Waals surface area contributed by atoms with Crippen molar-refractivity contribution in [3.05, 3.63) is 90.5 Å². The van der Waals surface area contributed by atoms with E-state index in [1.807, 2.05) is 12.5 Å². The lowest BCUT2D eigenvalue weighted by molar-refractivity contribution is 1.06. The molecule has 19 heavy (non-hydrogen) atoms. The highest BCUT2D eigenvalue weighted by molar-refractivity contribution is 6.37. The first-order chi connectivity index (χ1) is 9.43. The molecule has 0 aliphatic rings. The number of rotatable bonds is 4. The highest BCUT2D eigenvalue weighted by atomic mass is 28.2. The molecule has 0 aliphatic carbocycles. The minimum atomic E-state index is -0.498. The molecule has 0 aliphatic heterocycles. The summed E-state index contributed by atoms with van der Waals surface area (Å²) in [4.78, 5) is 4.16. The minimum Gasteiger partial charge on any atom is -0.370 e. The number of aromatic nitrogens is 2. The molecule has 94 valence electrons. The normalized spacial score (nSPS) is 11.4. The molecule has 0 N–H and O–H groups in total. The van der Waals surface area contributed by atoms with Gasteiger partial charge in [-0.2, -0.15) is 0 Å². The van der Waals surface area contributed by atoms with Gasteiger partial charge in [-0.15, -0.1) is 0 Å². The molecule has 0 unspecified atom stereocenters. The average molecular weight is 264 g/mol. The first kappa shape index (κ1) is 11.9. The molecule has 3 rings (SSSR count). The van der Waals surface area contributed by atoms with Crippen LogP contribution in [0.5, 0.6) is 0 Å². The van der Waals surface area contributed by atoms with Crippen LogP contribution < -0.4 is 0 Å². The molecule has 0 bridgehead atoms. The van der Waals surface area contributed by atoms with Crippen molar-refractivity contribution in [3.8, 4) is 0 Å². The molecular weight excluding hydrogens is 248 g/mol. The Balaban J connectivity index is 1.96. The van der Waals surface area contributed by atoms with Crippen molar-refractivity contribution < 1.29 is 0 Å². The van der Waals surface area contributed by atoms with Crippen LogP contribution in [0, 0.1) is 0 Å². The van der Waals surface area contributed by atoms with Crippen LogP contribution in [-0.2, 0) is 0 Å². The van der Waals surface area contributed by atoms with Crippen molar-refractivity contribution in [3.63, 3.8) is 0 Å². The van der Waals surface area contributed by atoms with Gasteiger partial charge in [0.05, 0.1) is 6.33 Å². The van der Waals surface area contributed by atoms with Crippen LogP contribution in [0.2, 0.25) is 0 Å². The van der Waals surface area contributed by atoms with Gasteiger partial charge in [-0.25, -0.2) is 4.98 Å². The molecule has 0 atom stereocenters. The van der Waals surface area contributed by atoms with Crippen LogP contribution in [0.4, 0.5) is 0 Å². The maximum atomic E-state index is 4.16. The molecule has 0 fully saturated rings. The highest BCUT2D eigenvalue weighted by Crippen LogP contribution is 2.23. The molecule has 0 saturated heterocycles. The maximum absolute atomic E-state index is 4.16. The van der Waals surface area contributed by atoms with Crippen molar-refractivity contribution in [2.45, 2.75) is 5.54 Å². The van der Waals surface area contributed by atoms with Crippen molar-refractivity contribution in [2.75, 3.05) is 0 Å². The first-order valence-corrected chi connectivity index (χ1v) is 7.94. The van der Waals surface area contributed by atoms with E-state index in [-0.39, 0.29) is 0 Å². The Morgan fingerprint density at radius 2 is 1.42 bits per heavy atom. The second-order valence-corrected chi connectivity index (χ2v) is 6.55. The zero-order valence-electron chi connectivity index (χ0n) is 10.7. The summed E-state index contributed by atoms with van der Waals surface area (Å²) in [6, 6.07) is 21.5. The minimum absolute atomic E-state index is 0.497. The number of benzene rings is 2. The monoisotopic (exact) mass is 264 g/mol. The van der Waals surface area contributed by atoms with Gasteiger partial charge in [0.15, 0.2) is 0 Å². The summed E-state index contributed by atoms with van der Waals surface area (Å²) in [7, 11) is -0.498. The van der Waals surface area contributed by atoms with Crippen molar-refractivity contribution in [1.82, 2.24) is 9.22 Å². The molecule has 0 spiro atoms. The van der Waals surface area contributed by atoms with Crippen molar-refractivity contribution >= 4 is 9.68 Å². The van der Waals surface area contributed by atoms with Gasteiger partial charge in [0.1, 0.15) is 9.68 Å². The van der Waals surface area contributed by atoms with E-state index < -0.39 is 9.68 Å². The molecule has 0 amide bonds. The lowest BCUT2D eigenvalue weighted by atomic mass is 10.0. The van der Waals surface area contributed by atoms with Crippen LogP contribution in [0.1, 0.15) is 16.7 Å². The molecule has 0 radical (unpaired) electrons.